The number of rotatable bonds is 4. The van der Waals surface area contributed by atoms with Crippen molar-refractivity contribution in [3.05, 3.63) is 62.8 Å². The van der Waals surface area contributed by atoms with Crippen molar-refractivity contribution in [2.24, 2.45) is 0 Å². The normalized spacial score (nSPS) is 11.8. The molecule has 1 atom stereocenters. The van der Waals surface area contributed by atoms with Gasteiger partial charge in [0.1, 0.15) is 5.82 Å². The first-order valence-corrected chi connectivity index (χ1v) is 7.65. The van der Waals surface area contributed by atoms with Gasteiger partial charge in [0.2, 0.25) is 0 Å². The Hall–Kier alpha value is -1.40. The lowest BCUT2D eigenvalue weighted by Crippen LogP contribution is -2.23. The summed E-state index contributed by atoms with van der Waals surface area (Å²) >= 11 is 6.69. The largest absolute Gasteiger partial charge is 0.467 e. The number of benzene rings is 2. The molecule has 0 aromatic heterocycles. The second-order valence-electron chi connectivity index (χ2n) is 4.25. The Balaban J connectivity index is 2.40. The van der Waals surface area contributed by atoms with E-state index in [1.54, 1.807) is 6.07 Å². The third kappa shape index (κ3) is 3.83. The van der Waals surface area contributed by atoms with Crippen LogP contribution in [0.25, 0.3) is 0 Å². The second kappa shape index (κ2) is 7.04. The lowest BCUT2D eigenvalue weighted by molar-refractivity contribution is -0.141. The molecule has 0 aliphatic carbocycles. The first-order valence-electron chi connectivity index (χ1n) is 6.06. The van der Waals surface area contributed by atoms with E-state index in [-0.39, 0.29) is 5.82 Å². The van der Waals surface area contributed by atoms with E-state index < -0.39 is 12.0 Å². The smallest absolute Gasteiger partial charge is 0.333 e. The zero-order valence-electron chi connectivity index (χ0n) is 11.1. The monoisotopic (exact) mass is 415 g/mol. The second-order valence-corrected chi connectivity index (χ2v) is 5.95. The summed E-state index contributed by atoms with van der Waals surface area (Å²) in [6.45, 7) is 0. The summed E-state index contributed by atoms with van der Waals surface area (Å²) in [6.07, 6.45) is 0. The van der Waals surface area contributed by atoms with Crippen molar-refractivity contribution in [1.82, 2.24) is 0 Å². The van der Waals surface area contributed by atoms with Crippen molar-refractivity contribution in [2.75, 3.05) is 12.4 Å². The van der Waals surface area contributed by atoms with Gasteiger partial charge in [-0.05, 0) is 45.8 Å². The third-order valence-corrected chi connectivity index (χ3v) is 4.26. The van der Waals surface area contributed by atoms with Gasteiger partial charge in [-0.1, -0.05) is 34.1 Å². The van der Waals surface area contributed by atoms with Crippen LogP contribution in [-0.2, 0) is 9.53 Å². The van der Waals surface area contributed by atoms with E-state index >= 15 is 0 Å². The average Bonchev–Trinajstić information content (AvgIpc) is 2.46. The summed E-state index contributed by atoms with van der Waals surface area (Å²) in [7, 11) is 1.31. The molecule has 0 amide bonds. The molecule has 0 radical (unpaired) electrons. The van der Waals surface area contributed by atoms with Crippen LogP contribution in [0.15, 0.2) is 51.4 Å². The van der Waals surface area contributed by atoms with Gasteiger partial charge in [0, 0.05) is 14.6 Å². The first-order chi connectivity index (χ1) is 10.0. The zero-order chi connectivity index (χ0) is 15.4. The minimum absolute atomic E-state index is 0.380. The number of anilines is 1. The number of esters is 1. The van der Waals surface area contributed by atoms with Crippen LogP contribution < -0.4 is 5.32 Å². The molecule has 0 bridgehead atoms. The standard InChI is InChI=1S/C15H12Br2FNO2/c1-21-15(20)14(10-7-6-9(18)8-12(10)17)19-13-5-3-2-4-11(13)16/h2-8,14,19H,1H3. The molecule has 0 aliphatic heterocycles. The molecule has 21 heavy (non-hydrogen) atoms. The van der Waals surface area contributed by atoms with Crippen LogP contribution in [-0.4, -0.2) is 13.1 Å². The highest BCUT2D eigenvalue weighted by atomic mass is 79.9. The molecule has 0 saturated carbocycles. The number of carbonyl (C=O) groups is 1. The van der Waals surface area contributed by atoms with Gasteiger partial charge in [-0.25, -0.2) is 9.18 Å². The predicted molar refractivity (Wildman–Crippen MR) is 86.6 cm³/mol. The molecule has 0 fully saturated rings. The molecule has 2 aromatic rings. The van der Waals surface area contributed by atoms with Gasteiger partial charge < -0.3 is 10.1 Å². The summed E-state index contributed by atoms with van der Waals surface area (Å²) < 4.78 is 19.4. The third-order valence-electron chi connectivity index (χ3n) is 2.88. The topological polar surface area (TPSA) is 38.3 Å². The number of halogens is 3. The summed E-state index contributed by atoms with van der Waals surface area (Å²) in [5.41, 5.74) is 1.34. The van der Waals surface area contributed by atoms with Crippen LogP contribution in [0.4, 0.5) is 10.1 Å². The summed E-state index contributed by atoms with van der Waals surface area (Å²) in [5, 5.41) is 3.10. The molecule has 0 aliphatic rings. The van der Waals surface area contributed by atoms with Crippen LogP contribution >= 0.6 is 31.9 Å². The highest BCUT2D eigenvalue weighted by Crippen LogP contribution is 2.31. The fraction of sp³-hybridized carbons (Fsp3) is 0.133. The Morgan fingerprint density at radius 1 is 1.19 bits per heavy atom. The average molecular weight is 417 g/mol. The zero-order valence-corrected chi connectivity index (χ0v) is 14.2. The molecule has 6 heteroatoms. The fourth-order valence-electron chi connectivity index (χ4n) is 1.85. The Kier molecular flexibility index (Phi) is 5.36. The summed E-state index contributed by atoms with van der Waals surface area (Å²) in [5.74, 6) is -0.840. The van der Waals surface area contributed by atoms with E-state index in [1.165, 1.54) is 19.2 Å². The number of para-hydroxylation sites is 1. The maximum atomic E-state index is 13.2. The van der Waals surface area contributed by atoms with E-state index in [0.29, 0.717) is 10.0 Å². The van der Waals surface area contributed by atoms with Crippen molar-refractivity contribution < 1.29 is 13.9 Å². The lowest BCUT2D eigenvalue weighted by atomic mass is 10.1. The van der Waals surface area contributed by atoms with Crippen LogP contribution in [0, 0.1) is 5.82 Å². The highest BCUT2D eigenvalue weighted by molar-refractivity contribution is 9.11. The van der Waals surface area contributed by atoms with E-state index in [9.17, 15) is 9.18 Å². The predicted octanol–water partition coefficient (Wildman–Crippen LogP) is 4.68. The van der Waals surface area contributed by atoms with E-state index in [2.05, 4.69) is 37.2 Å². The van der Waals surface area contributed by atoms with Gasteiger partial charge in [-0.15, -0.1) is 0 Å². The van der Waals surface area contributed by atoms with Crippen molar-refractivity contribution in [3.63, 3.8) is 0 Å². The van der Waals surface area contributed by atoms with Gasteiger partial charge in [0.25, 0.3) is 0 Å². The lowest BCUT2D eigenvalue weighted by Gasteiger charge is -2.20. The number of nitrogens with one attached hydrogen (secondary N) is 1. The summed E-state index contributed by atoms with van der Waals surface area (Å²) in [6, 6.07) is 10.8. The van der Waals surface area contributed by atoms with Gasteiger partial charge in [-0.2, -0.15) is 0 Å². The summed E-state index contributed by atoms with van der Waals surface area (Å²) in [4.78, 5) is 12.1. The Morgan fingerprint density at radius 2 is 1.90 bits per heavy atom. The molecule has 3 nitrogen and oxygen atoms in total. The van der Waals surface area contributed by atoms with Crippen LogP contribution in [0.3, 0.4) is 0 Å². The molecule has 2 aromatic carbocycles. The van der Waals surface area contributed by atoms with E-state index in [1.807, 2.05) is 24.3 Å². The number of methoxy groups -OCH3 is 1. The van der Waals surface area contributed by atoms with Gasteiger partial charge >= 0.3 is 5.97 Å². The van der Waals surface area contributed by atoms with Crippen molar-refractivity contribution in [3.8, 4) is 0 Å². The van der Waals surface area contributed by atoms with Crippen LogP contribution in [0.5, 0.6) is 0 Å². The molecule has 0 saturated heterocycles. The SMILES string of the molecule is COC(=O)C(Nc1ccccc1Br)c1ccc(F)cc1Br. The molecule has 0 heterocycles. The maximum Gasteiger partial charge on any atom is 0.333 e. The van der Waals surface area contributed by atoms with Crippen molar-refractivity contribution in [1.29, 1.82) is 0 Å². The van der Waals surface area contributed by atoms with Crippen LogP contribution in [0.1, 0.15) is 11.6 Å². The molecule has 2 rings (SSSR count). The van der Waals surface area contributed by atoms with Gasteiger partial charge in [-0.3, -0.25) is 0 Å². The first kappa shape index (κ1) is 16.0. The molecule has 1 unspecified atom stereocenters. The van der Waals surface area contributed by atoms with E-state index in [0.717, 1.165) is 10.2 Å². The number of ether oxygens (including phenoxy) is 1. The molecule has 1 N–H and O–H groups in total. The number of carbonyl (C=O) groups excluding carboxylic acids is 1. The van der Waals surface area contributed by atoms with Crippen LogP contribution in [0.2, 0.25) is 0 Å². The molecular formula is C15H12Br2FNO2. The molecule has 0 spiro atoms. The van der Waals surface area contributed by atoms with Crippen molar-refractivity contribution >= 4 is 43.5 Å². The van der Waals surface area contributed by atoms with Gasteiger partial charge in [0.05, 0.1) is 7.11 Å². The maximum absolute atomic E-state index is 13.2. The Labute approximate surface area is 138 Å². The van der Waals surface area contributed by atoms with E-state index in [4.69, 9.17) is 4.74 Å². The molecule has 110 valence electrons. The van der Waals surface area contributed by atoms with Crippen molar-refractivity contribution in [2.45, 2.75) is 6.04 Å². The minimum Gasteiger partial charge on any atom is -0.467 e. The Morgan fingerprint density at radius 3 is 2.52 bits per heavy atom. The van der Waals surface area contributed by atoms with Gasteiger partial charge in [0.15, 0.2) is 6.04 Å². The number of hydrogen-bond acceptors (Lipinski definition) is 3. The minimum atomic E-state index is -0.747. The quantitative estimate of drug-likeness (QED) is 0.735. The Bertz CT molecular complexity index is 664. The fourth-order valence-corrected chi connectivity index (χ4v) is 2.83. The highest BCUT2D eigenvalue weighted by Gasteiger charge is 2.24. The molecular weight excluding hydrogens is 405 g/mol. The number of hydrogen-bond donors (Lipinski definition) is 1.